The molecular weight excluding hydrogens is 342 g/mol. The highest BCUT2D eigenvalue weighted by Crippen LogP contribution is 2.47. The molecule has 1 saturated heterocycles. The normalized spacial score (nSPS) is 31.6. The molecule has 1 aromatic heterocycles. The van der Waals surface area contributed by atoms with Gasteiger partial charge in [0.2, 0.25) is 5.91 Å². The first kappa shape index (κ1) is 18.3. The van der Waals surface area contributed by atoms with Crippen molar-refractivity contribution in [2.45, 2.75) is 44.2 Å². The highest BCUT2D eigenvalue weighted by Gasteiger charge is 2.49. The van der Waals surface area contributed by atoms with Gasteiger partial charge < -0.3 is 20.4 Å². The quantitative estimate of drug-likeness (QED) is 0.852. The molecule has 25 heavy (non-hydrogen) atoms. The lowest BCUT2D eigenvalue weighted by molar-refractivity contribution is -0.128. The predicted octanol–water partition coefficient (Wildman–Crippen LogP) is 1.80. The first-order valence-corrected chi connectivity index (χ1v) is 9.01. The van der Waals surface area contributed by atoms with E-state index in [0.717, 1.165) is 25.7 Å². The molecule has 4 rings (SSSR count). The summed E-state index contributed by atoms with van der Waals surface area (Å²) < 4.78 is 4.98. The van der Waals surface area contributed by atoms with E-state index in [1.807, 2.05) is 4.90 Å². The Hall–Kier alpha value is -1.53. The average molecular weight is 368 g/mol. The highest BCUT2D eigenvalue weighted by molar-refractivity contribution is 5.93. The maximum atomic E-state index is 12.6. The van der Waals surface area contributed by atoms with Gasteiger partial charge in [-0.15, -0.1) is 12.4 Å². The zero-order chi connectivity index (χ0) is 16.7. The number of likely N-dealkylation sites (tertiary alicyclic amines) is 1. The number of halogens is 1. The van der Waals surface area contributed by atoms with Gasteiger partial charge in [0, 0.05) is 25.2 Å². The maximum Gasteiger partial charge on any atom is 0.257 e. The molecule has 2 saturated carbocycles. The Morgan fingerprint density at radius 1 is 1.16 bits per heavy atom. The Morgan fingerprint density at radius 2 is 1.88 bits per heavy atom. The van der Waals surface area contributed by atoms with Gasteiger partial charge in [-0.05, 0) is 50.0 Å². The smallest absolute Gasteiger partial charge is 0.257 e. The fourth-order valence-corrected chi connectivity index (χ4v) is 4.82. The van der Waals surface area contributed by atoms with Crippen molar-refractivity contribution in [2.24, 2.45) is 23.5 Å². The van der Waals surface area contributed by atoms with Gasteiger partial charge >= 0.3 is 0 Å². The number of nitrogens with two attached hydrogens (primary N) is 1. The SMILES string of the molecule is Cl.NC1C2CCC(C2)C1C(=O)NC1CCN(C(=O)c2ccoc2)CC1. The van der Waals surface area contributed by atoms with E-state index >= 15 is 0 Å². The number of carbonyl (C=O) groups is 2. The first-order chi connectivity index (χ1) is 11.6. The van der Waals surface area contributed by atoms with Crippen LogP contribution >= 0.6 is 12.4 Å². The summed E-state index contributed by atoms with van der Waals surface area (Å²) in [5.74, 6) is 1.15. The van der Waals surface area contributed by atoms with Crippen molar-refractivity contribution < 1.29 is 14.0 Å². The molecule has 3 fully saturated rings. The molecule has 138 valence electrons. The standard InChI is InChI=1S/C18H25N3O3.ClH/c19-16-12-2-1-11(9-12)15(16)17(22)20-14-3-6-21(7-4-14)18(23)13-5-8-24-10-13;/h5,8,10-12,14-16H,1-4,6-7,9,19H2,(H,20,22);1H. The number of rotatable bonds is 3. The average Bonchev–Trinajstić information content (AvgIpc) is 3.32. The van der Waals surface area contributed by atoms with Crippen LogP contribution in [0.4, 0.5) is 0 Å². The Balaban J connectivity index is 0.00000182. The molecule has 2 bridgehead atoms. The first-order valence-electron chi connectivity index (χ1n) is 9.01. The third-order valence-electron chi connectivity index (χ3n) is 6.18. The molecule has 0 aromatic carbocycles. The number of nitrogens with one attached hydrogen (secondary N) is 1. The number of furan rings is 1. The molecule has 4 atom stereocenters. The summed E-state index contributed by atoms with van der Waals surface area (Å²) in [7, 11) is 0. The van der Waals surface area contributed by atoms with Gasteiger partial charge in [-0.3, -0.25) is 9.59 Å². The summed E-state index contributed by atoms with van der Waals surface area (Å²) in [5, 5.41) is 3.19. The van der Waals surface area contributed by atoms with Crippen LogP contribution in [0.25, 0.3) is 0 Å². The third kappa shape index (κ3) is 3.42. The number of carbonyl (C=O) groups excluding carboxylic acids is 2. The number of piperidine rings is 1. The van der Waals surface area contributed by atoms with Gasteiger partial charge in [0.05, 0.1) is 17.7 Å². The van der Waals surface area contributed by atoms with Gasteiger partial charge in [0.15, 0.2) is 0 Å². The van der Waals surface area contributed by atoms with E-state index < -0.39 is 0 Å². The van der Waals surface area contributed by atoms with Crippen LogP contribution in [0.3, 0.4) is 0 Å². The summed E-state index contributed by atoms with van der Waals surface area (Å²) in [4.78, 5) is 26.8. The van der Waals surface area contributed by atoms with E-state index in [4.69, 9.17) is 10.2 Å². The Bertz CT molecular complexity index is 611. The summed E-state index contributed by atoms with van der Waals surface area (Å²) in [6.07, 6.45) is 8.04. The molecular formula is C18H26ClN3O3. The van der Waals surface area contributed by atoms with E-state index in [2.05, 4.69) is 5.32 Å². The molecule has 6 nitrogen and oxygen atoms in total. The molecule has 1 aliphatic heterocycles. The van der Waals surface area contributed by atoms with Crippen molar-refractivity contribution in [1.82, 2.24) is 10.2 Å². The second-order valence-corrected chi connectivity index (χ2v) is 7.52. The van der Waals surface area contributed by atoms with E-state index in [0.29, 0.717) is 30.5 Å². The molecule has 3 N–H and O–H groups in total. The van der Waals surface area contributed by atoms with Crippen LogP contribution in [0.5, 0.6) is 0 Å². The Morgan fingerprint density at radius 3 is 2.48 bits per heavy atom. The summed E-state index contributed by atoms with van der Waals surface area (Å²) >= 11 is 0. The lowest BCUT2D eigenvalue weighted by atomic mass is 9.84. The maximum absolute atomic E-state index is 12.6. The number of nitrogens with zero attached hydrogens (tertiary/aromatic N) is 1. The van der Waals surface area contributed by atoms with Crippen molar-refractivity contribution in [1.29, 1.82) is 0 Å². The van der Waals surface area contributed by atoms with Gasteiger partial charge in [0.1, 0.15) is 6.26 Å². The zero-order valence-electron chi connectivity index (χ0n) is 14.2. The summed E-state index contributed by atoms with van der Waals surface area (Å²) in [6.45, 7) is 1.33. The minimum absolute atomic E-state index is 0. The fourth-order valence-electron chi connectivity index (χ4n) is 4.82. The van der Waals surface area contributed by atoms with Crippen LogP contribution in [0.15, 0.2) is 23.0 Å². The summed E-state index contributed by atoms with van der Waals surface area (Å²) in [5.41, 5.74) is 6.85. The van der Waals surface area contributed by atoms with Crippen LogP contribution in [0, 0.1) is 17.8 Å². The second kappa shape index (κ2) is 7.38. The minimum atomic E-state index is -0.00524. The third-order valence-corrected chi connectivity index (χ3v) is 6.18. The lowest BCUT2D eigenvalue weighted by Crippen LogP contribution is -2.51. The second-order valence-electron chi connectivity index (χ2n) is 7.52. The number of hydrogen-bond donors (Lipinski definition) is 2. The van der Waals surface area contributed by atoms with Crippen molar-refractivity contribution >= 4 is 24.2 Å². The van der Waals surface area contributed by atoms with Gasteiger partial charge in [0.25, 0.3) is 5.91 Å². The van der Waals surface area contributed by atoms with Crippen LogP contribution in [0.1, 0.15) is 42.5 Å². The molecule has 2 aliphatic carbocycles. The molecule has 7 heteroatoms. The van der Waals surface area contributed by atoms with Gasteiger partial charge in [-0.25, -0.2) is 0 Å². The molecule has 2 heterocycles. The van der Waals surface area contributed by atoms with Crippen LogP contribution in [0.2, 0.25) is 0 Å². The fraction of sp³-hybridized carbons (Fsp3) is 0.667. The molecule has 0 radical (unpaired) electrons. The zero-order valence-corrected chi connectivity index (χ0v) is 15.0. The van der Waals surface area contributed by atoms with E-state index in [9.17, 15) is 9.59 Å². The molecule has 0 spiro atoms. The van der Waals surface area contributed by atoms with Crippen molar-refractivity contribution in [2.75, 3.05) is 13.1 Å². The number of amides is 2. The topological polar surface area (TPSA) is 88.6 Å². The molecule has 1 aromatic rings. The molecule has 4 unspecified atom stereocenters. The Labute approximate surface area is 153 Å². The largest absolute Gasteiger partial charge is 0.472 e. The van der Waals surface area contributed by atoms with Crippen LogP contribution in [-0.2, 0) is 4.79 Å². The van der Waals surface area contributed by atoms with E-state index in [1.165, 1.54) is 18.9 Å². The van der Waals surface area contributed by atoms with Gasteiger partial charge in [-0.1, -0.05) is 0 Å². The molecule has 3 aliphatic rings. The number of hydrogen-bond acceptors (Lipinski definition) is 4. The monoisotopic (exact) mass is 367 g/mol. The predicted molar refractivity (Wildman–Crippen MR) is 95.3 cm³/mol. The molecule has 2 amide bonds. The van der Waals surface area contributed by atoms with Crippen LogP contribution < -0.4 is 11.1 Å². The lowest BCUT2D eigenvalue weighted by Gasteiger charge is -2.34. The minimum Gasteiger partial charge on any atom is -0.472 e. The summed E-state index contributed by atoms with van der Waals surface area (Å²) in [6, 6.07) is 1.87. The highest BCUT2D eigenvalue weighted by atomic mass is 35.5. The van der Waals surface area contributed by atoms with E-state index in [1.54, 1.807) is 6.07 Å². The van der Waals surface area contributed by atoms with Crippen molar-refractivity contribution in [3.8, 4) is 0 Å². The Kier molecular flexibility index (Phi) is 5.39. The van der Waals surface area contributed by atoms with E-state index in [-0.39, 0.29) is 42.2 Å². The van der Waals surface area contributed by atoms with Crippen molar-refractivity contribution in [3.63, 3.8) is 0 Å². The van der Waals surface area contributed by atoms with Crippen LogP contribution in [-0.4, -0.2) is 41.9 Å². The van der Waals surface area contributed by atoms with Gasteiger partial charge in [-0.2, -0.15) is 0 Å². The number of fused-ring (bicyclic) bond motifs is 2. The van der Waals surface area contributed by atoms with Crippen molar-refractivity contribution in [3.05, 3.63) is 24.2 Å².